The van der Waals surface area contributed by atoms with Gasteiger partial charge < -0.3 is 9.84 Å². The SMILES string of the molecule is CC(C)Oc1cncc(-c2ccsc2C(=O)O)c1. The van der Waals surface area contributed by atoms with E-state index in [0.717, 1.165) is 5.56 Å². The van der Waals surface area contributed by atoms with E-state index in [9.17, 15) is 4.79 Å². The number of rotatable bonds is 4. The second-order valence-corrected chi connectivity index (χ2v) is 4.96. The van der Waals surface area contributed by atoms with Gasteiger partial charge in [-0.15, -0.1) is 11.3 Å². The molecule has 2 aromatic rings. The Morgan fingerprint density at radius 1 is 1.44 bits per heavy atom. The van der Waals surface area contributed by atoms with Crippen LogP contribution in [0.2, 0.25) is 0 Å². The topological polar surface area (TPSA) is 59.4 Å². The third-order valence-corrected chi connectivity index (χ3v) is 3.16. The van der Waals surface area contributed by atoms with Crippen LogP contribution in [0.3, 0.4) is 0 Å². The van der Waals surface area contributed by atoms with Gasteiger partial charge in [-0.3, -0.25) is 4.98 Å². The maximum absolute atomic E-state index is 11.1. The first kappa shape index (κ1) is 12.6. The van der Waals surface area contributed by atoms with Crippen molar-refractivity contribution in [3.63, 3.8) is 0 Å². The Morgan fingerprint density at radius 2 is 2.22 bits per heavy atom. The number of carboxylic acid groups (broad SMARTS) is 1. The zero-order chi connectivity index (χ0) is 13.1. The van der Waals surface area contributed by atoms with Gasteiger partial charge in [-0.25, -0.2) is 4.79 Å². The van der Waals surface area contributed by atoms with E-state index in [1.54, 1.807) is 23.8 Å². The van der Waals surface area contributed by atoms with Crippen LogP contribution in [0.5, 0.6) is 5.75 Å². The summed E-state index contributed by atoms with van der Waals surface area (Å²) in [6.07, 6.45) is 3.32. The van der Waals surface area contributed by atoms with Gasteiger partial charge in [0.1, 0.15) is 10.6 Å². The molecule has 0 atom stereocenters. The summed E-state index contributed by atoms with van der Waals surface area (Å²) in [4.78, 5) is 15.5. The van der Waals surface area contributed by atoms with E-state index < -0.39 is 5.97 Å². The minimum absolute atomic E-state index is 0.0588. The van der Waals surface area contributed by atoms with E-state index in [-0.39, 0.29) is 6.10 Å². The van der Waals surface area contributed by atoms with Crippen molar-refractivity contribution in [3.8, 4) is 16.9 Å². The molecule has 18 heavy (non-hydrogen) atoms. The lowest BCUT2D eigenvalue weighted by atomic mass is 10.1. The lowest BCUT2D eigenvalue weighted by Gasteiger charge is -2.10. The van der Waals surface area contributed by atoms with Crippen LogP contribution in [0.15, 0.2) is 29.9 Å². The second-order valence-electron chi connectivity index (χ2n) is 4.04. The number of carboxylic acids is 1. The van der Waals surface area contributed by atoms with Crippen LogP contribution in [-0.4, -0.2) is 22.2 Å². The van der Waals surface area contributed by atoms with E-state index >= 15 is 0 Å². The molecule has 5 heteroatoms. The predicted octanol–water partition coefficient (Wildman–Crippen LogP) is 3.30. The molecule has 2 rings (SSSR count). The predicted molar refractivity (Wildman–Crippen MR) is 70.3 cm³/mol. The summed E-state index contributed by atoms with van der Waals surface area (Å²) in [5.41, 5.74) is 1.43. The van der Waals surface area contributed by atoms with E-state index in [4.69, 9.17) is 9.84 Å². The molecule has 0 aliphatic rings. The van der Waals surface area contributed by atoms with Gasteiger partial charge in [0, 0.05) is 17.3 Å². The molecule has 0 saturated heterocycles. The molecule has 0 unspecified atom stereocenters. The molecule has 1 N–H and O–H groups in total. The summed E-state index contributed by atoms with van der Waals surface area (Å²) in [6, 6.07) is 3.59. The second kappa shape index (κ2) is 5.18. The van der Waals surface area contributed by atoms with Gasteiger partial charge in [-0.2, -0.15) is 0 Å². The molecule has 0 aromatic carbocycles. The Bertz CT molecular complexity index is 563. The lowest BCUT2D eigenvalue weighted by Crippen LogP contribution is -2.05. The molecule has 2 heterocycles. The molecule has 0 radical (unpaired) electrons. The Labute approximate surface area is 109 Å². The molecule has 94 valence electrons. The van der Waals surface area contributed by atoms with Crippen molar-refractivity contribution < 1.29 is 14.6 Å². The maximum Gasteiger partial charge on any atom is 0.346 e. The van der Waals surface area contributed by atoms with Crippen LogP contribution in [0, 0.1) is 0 Å². The summed E-state index contributed by atoms with van der Waals surface area (Å²) < 4.78 is 5.55. The average molecular weight is 263 g/mol. The zero-order valence-corrected chi connectivity index (χ0v) is 10.9. The highest BCUT2D eigenvalue weighted by molar-refractivity contribution is 7.12. The first-order valence-electron chi connectivity index (χ1n) is 5.51. The maximum atomic E-state index is 11.1. The quantitative estimate of drug-likeness (QED) is 0.919. The highest BCUT2D eigenvalue weighted by atomic mass is 32.1. The molecule has 2 aromatic heterocycles. The molecule has 0 saturated carbocycles. The van der Waals surface area contributed by atoms with Crippen LogP contribution >= 0.6 is 11.3 Å². The Kier molecular flexibility index (Phi) is 3.62. The molecule has 0 fully saturated rings. The van der Waals surface area contributed by atoms with Gasteiger partial charge in [0.05, 0.1) is 12.3 Å². The number of carbonyl (C=O) groups is 1. The minimum atomic E-state index is -0.921. The van der Waals surface area contributed by atoms with Crippen molar-refractivity contribution in [1.29, 1.82) is 0 Å². The van der Waals surface area contributed by atoms with Crippen LogP contribution in [-0.2, 0) is 0 Å². The molecule has 0 aliphatic heterocycles. The molecular weight excluding hydrogens is 250 g/mol. The fourth-order valence-corrected chi connectivity index (χ4v) is 2.36. The summed E-state index contributed by atoms with van der Waals surface area (Å²) in [7, 11) is 0. The van der Waals surface area contributed by atoms with Crippen molar-refractivity contribution in [3.05, 3.63) is 34.8 Å². The Balaban J connectivity index is 2.38. The third kappa shape index (κ3) is 2.68. The van der Waals surface area contributed by atoms with Gasteiger partial charge >= 0.3 is 5.97 Å². The van der Waals surface area contributed by atoms with Crippen LogP contribution in [0.25, 0.3) is 11.1 Å². The normalized spacial score (nSPS) is 10.6. The lowest BCUT2D eigenvalue weighted by molar-refractivity contribution is 0.0703. The van der Waals surface area contributed by atoms with E-state index in [1.165, 1.54) is 11.3 Å². The van der Waals surface area contributed by atoms with Crippen molar-refractivity contribution >= 4 is 17.3 Å². The first-order chi connectivity index (χ1) is 8.58. The molecular formula is C13H13NO3S. The summed E-state index contributed by atoms with van der Waals surface area (Å²) >= 11 is 1.20. The minimum Gasteiger partial charge on any atom is -0.489 e. The van der Waals surface area contributed by atoms with Crippen LogP contribution in [0.4, 0.5) is 0 Å². The zero-order valence-electron chi connectivity index (χ0n) is 10.1. The van der Waals surface area contributed by atoms with E-state index in [0.29, 0.717) is 16.2 Å². The van der Waals surface area contributed by atoms with Crippen LogP contribution in [0.1, 0.15) is 23.5 Å². The van der Waals surface area contributed by atoms with E-state index in [2.05, 4.69) is 4.98 Å². The highest BCUT2D eigenvalue weighted by Crippen LogP contribution is 2.30. The Morgan fingerprint density at radius 3 is 2.89 bits per heavy atom. The molecule has 0 bridgehead atoms. The van der Waals surface area contributed by atoms with Gasteiger partial charge in [0.15, 0.2) is 0 Å². The monoisotopic (exact) mass is 263 g/mol. The number of hydrogen-bond acceptors (Lipinski definition) is 4. The van der Waals surface area contributed by atoms with E-state index in [1.807, 2.05) is 19.9 Å². The van der Waals surface area contributed by atoms with Crippen molar-refractivity contribution in [1.82, 2.24) is 4.98 Å². The number of thiophene rings is 1. The first-order valence-corrected chi connectivity index (χ1v) is 6.38. The molecule has 0 aliphatic carbocycles. The number of aromatic carboxylic acids is 1. The van der Waals surface area contributed by atoms with Crippen molar-refractivity contribution in [2.24, 2.45) is 0 Å². The summed E-state index contributed by atoms with van der Waals surface area (Å²) in [5.74, 6) is -0.278. The van der Waals surface area contributed by atoms with Crippen LogP contribution < -0.4 is 4.74 Å². The van der Waals surface area contributed by atoms with Gasteiger partial charge in [-0.1, -0.05) is 0 Å². The number of nitrogens with zero attached hydrogens (tertiary/aromatic N) is 1. The Hall–Kier alpha value is -1.88. The fourth-order valence-electron chi connectivity index (χ4n) is 1.60. The van der Waals surface area contributed by atoms with Crippen molar-refractivity contribution in [2.45, 2.75) is 20.0 Å². The number of pyridine rings is 1. The standard InChI is InChI=1S/C13H13NO3S/c1-8(2)17-10-5-9(6-14-7-10)11-3-4-18-12(11)13(15)16/h3-8H,1-2H3,(H,15,16). The number of aromatic nitrogens is 1. The van der Waals surface area contributed by atoms with Crippen molar-refractivity contribution in [2.75, 3.05) is 0 Å². The fraction of sp³-hybridized carbons (Fsp3) is 0.231. The van der Waals surface area contributed by atoms with Gasteiger partial charge in [0.25, 0.3) is 0 Å². The largest absolute Gasteiger partial charge is 0.489 e. The highest BCUT2D eigenvalue weighted by Gasteiger charge is 2.14. The van der Waals surface area contributed by atoms with Gasteiger partial charge in [0.2, 0.25) is 0 Å². The third-order valence-electron chi connectivity index (χ3n) is 2.26. The smallest absolute Gasteiger partial charge is 0.346 e. The summed E-state index contributed by atoms with van der Waals surface area (Å²) in [6.45, 7) is 3.86. The molecule has 0 spiro atoms. The number of ether oxygens (including phenoxy) is 1. The summed E-state index contributed by atoms with van der Waals surface area (Å²) in [5, 5.41) is 10.8. The van der Waals surface area contributed by atoms with Gasteiger partial charge in [-0.05, 0) is 31.4 Å². The number of hydrogen-bond donors (Lipinski definition) is 1. The molecule has 4 nitrogen and oxygen atoms in total. The average Bonchev–Trinajstić information content (AvgIpc) is 2.77. The molecule has 0 amide bonds.